The third kappa shape index (κ3) is 3.87. The second-order valence-electron chi connectivity index (χ2n) is 13.6. The summed E-state index contributed by atoms with van der Waals surface area (Å²) in [6, 6.07) is 68.4. The van der Waals surface area contributed by atoms with Crippen LogP contribution < -0.4 is 4.90 Å². The van der Waals surface area contributed by atoms with Gasteiger partial charge in [-0.3, -0.25) is 0 Å². The average molecular weight is 650 g/mol. The molecule has 0 N–H and O–H groups in total. The van der Waals surface area contributed by atoms with Crippen molar-refractivity contribution in [2.24, 2.45) is 0 Å². The van der Waals surface area contributed by atoms with Crippen LogP contribution in [0.25, 0.3) is 55.3 Å². The Balaban J connectivity index is 1.09. The molecule has 2 aliphatic carbocycles. The van der Waals surface area contributed by atoms with Crippen LogP contribution in [0.5, 0.6) is 0 Å². The molecule has 2 aliphatic rings. The summed E-state index contributed by atoms with van der Waals surface area (Å²) in [6.45, 7) is 0. The third-order valence-corrected chi connectivity index (χ3v) is 11.1. The van der Waals surface area contributed by atoms with Crippen molar-refractivity contribution in [3.05, 3.63) is 210 Å². The van der Waals surface area contributed by atoms with Crippen LogP contribution in [0.1, 0.15) is 22.3 Å². The zero-order valence-corrected chi connectivity index (χ0v) is 27.8. The third-order valence-electron chi connectivity index (χ3n) is 11.1. The Hall–Kier alpha value is -6.64. The van der Waals surface area contributed by atoms with Crippen molar-refractivity contribution in [1.82, 2.24) is 0 Å². The molecule has 0 unspecified atom stereocenters. The average Bonchev–Trinajstić information content (AvgIpc) is 3.83. The SMILES string of the molecule is c1ccc(N(c2ccc(-c3cccc4c3C3(c5ccccc5-c5ccccc53)c3ccccc3-4)cc2)c2ccc3c(c2)oc2ccccc23)cc1. The smallest absolute Gasteiger partial charge is 0.137 e. The van der Waals surface area contributed by atoms with Crippen LogP contribution in [0.15, 0.2) is 192 Å². The van der Waals surface area contributed by atoms with Gasteiger partial charge in [0.2, 0.25) is 0 Å². The van der Waals surface area contributed by atoms with Gasteiger partial charge >= 0.3 is 0 Å². The van der Waals surface area contributed by atoms with Crippen LogP contribution >= 0.6 is 0 Å². The van der Waals surface area contributed by atoms with Crippen molar-refractivity contribution in [3.8, 4) is 33.4 Å². The lowest BCUT2D eigenvalue weighted by molar-refractivity contribution is 0.669. The molecule has 1 spiro atoms. The lowest BCUT2D eigenvalue weighted by Gasteiger charge is -2.32. The van der Waals surface area contributed by atoms with Gasteiger partial charge in [0.25, 0.3) is 0 Å². The van der Waals surface area contributed by atoms with Crippen molar-refractivity contribution in [1.29, 1.82) is 0 Å². The molecule has 0 saturated heterocycles. The van der Waals surface area contributed by atoms with Gasteiger partial charge in [-0.15, -0.1) is 0 Å². The Morgan fingerprint density at radius 1 is 0.353 bits per heavy atom. The Bertz CT molecular complexity index is 2750. The van der Waals surface area contributed by atoms with Crippen LogP contribution in [0.2, 0.25) is 0 Å². The second kappa shape index (κ2) is 10.7. The molecule has 9 aromatic rings. The summed E-state index contributed by atoms with van der Waals surface area (Å²) in [4.78, 5) is 2.31. The van der Waals surface area contributed by atoms with Gasteiger partial charge in [0.05, 0.1) is 5.41 Å². The molecule has 0 aliphatic heterocycles. The molecular weight excluding hydrogens is 619 g/mol. The van der Waals surface area contributed by atoms with Gasteiger partial charge < -0.3 is 9.32 Å². The van der Waals surface area contributed by atoms with Gasteiger partial charge in [0, 0.05) is 33.9 Å². The van der Waals surface area contributed by atoms with Gasteiger partial charge in [-0.25, -0.2) is 0 Å². The highest BCUT2D eigenvalue weighted by Gasteiger charge is 2.52. The van der Waals surface area contributed by atoms with E-state index in [1.807, 2.05) is 12.1 Å². The lowest BCUT2D eigenvalue weighted by atomic mass is 9.68. The summed E-state index contributed by atoms with van der Waals surface area (Å²) in [5.41, 5.74) is 17.8. The van der Waals surface area contributed by atoms with Crippen molar-refractivity contribution >= 4 is 39.0 Å². The van der Waals surface area contributed by atoms with Gasteiger partial charge in [0.15, 0.2) is 0 Å². The normalized spacial score (nSPS) is 13.3. The molecule has 0 bridgehead atoms. The van der Waals surface area contributed by atoms with Crippen LogP contribution in [-0.4, -0.2) is 0 Å². The minimum absolute atomic E-state index is 0.396. The standard InChI is InChI=1S/C49H31NO/c1-2-13-33(14-3-1)50(35-29-30-41-40-18-7-11-24-46(40)51-47(41)31-35)34-27-25-32(26-28-34)36-19-12-20-42-39-17-6-10-23-45(39)49(48(36)42)43-21-8-4-15-37(43)38-16-5-9-22-44(38)49/h1-31H. The summed E-state index contributed by atoms with van der Waals surface area (Å²) in [5, 5.41) is 2.26. The number of furan rings is 1. The first kappa shape index (κ1) is 28.2. The zero-order chi connectivity index (χ0) is 33.5. The monoisotopic (exact) mass is 649 g/mol. The first-order valence-electron chi connectivity index (χ1n) is 17.6. The van der Waals surface area contributed by atoms with E-state index in [-0.39, 0.29) is 0 Å². The summed E-state index contributed by atoms with van der Waals surface area (Å²) in [7, 11) is 0. The fraction of sp³-hybridized carbons (Fsp3) is 0.0204. The molecule has 0 amide bonds. The highest BCUT2D eigenvalue weighted by atomic mass is 16.3. The van der Waals surface area contributed by atoms with E-state index in [0.29, 0.717) is 0 Å². The van der Waals surface area contributed by atoms with Crippen molar-refractivity contribution in [2.45, 2.75) is 5.41 Å². The van der Waals surface area contributed by atoms with Crippen LogP contribution in [0.4, 0.5) is 17.1 Å². The molecule has 2 nitrogen and oxygen atoms in total. The number of benzene rings is 8. The number of nitrogens with zero attached hydrogens (tertiary/aromatic N) is 1. The molecule has 51 heavy (non-hydrogen) atoms. The number of rotatable bonds is 4. The molecule has 238 valence electrons. The predicted molar refractivity (Wildman–Crippen MR) is 210 cm³/mol. The van der Waals surface area contributed by atoms with Crippen LogP contribution in [0, 0.1) is 0 Å². The van der Waals surface area contributed by atoms with E-state index < -0.39 is 5.41 Å². The fourth-order valence-corrected chi connectivity index (χ4v) is 9.06. The van der Waals surface area contributed by atoms with E-state index in [1.165, 1.54) is 55.6 Å². The van der Waals surface area contributed by atoms with E-state index in [0.717, 1.165) is 39.0 Å². The maximum atomic E-state index is 6.33. The molecule has 11 rings (SSSR count). The highest BCUT2D eigenvalue weighted by molar-refractivity contribution is 6.06. The summed E-state index contributed by atoms with van der Waals surface area (Å²) in [6.07, 6.45) is 0. The van der Waals surface area contributed by atoms with Crippen LogP contribution in [-0.2, 0) is 5.41 Å². The fourth-order valence-electron chi connectivity index (χ4n) is 9.06. The minimum Gasteiger partial charge on any atom is -0.456 e. The van der Waals surface area contributed by atoms with Gasteiger partial charge in [0.1, 0.15) is 11.2 Å². The van der Waals surface area contributed by atoms with Crippen molar-refractivity contribution in [3.63, 3.8) is 0 Å². The van der Waals surface area contributed by atoms with Crippen molar-refractivity contribution in [2.75, 3.05) is 4.90 Å². The summed E-state index contributed by atoms with van der Waals surface area (Å²) < 4.78 is 6.33. The largest absolute Gasteiger partial charge is 0.456 e. The lowest BCUT2D eigenvalue weighted by Crippen LogP contribution is -2.26. The molecule has 0 fully saturated rings. The number of anilines is 3. The molecule has 1 aromatic heterocycles. The molecule has 0 radical (unpaired) electrons. The molecule has 8 aromatic carbocycles. The topological polar surface area (TPSA) is 16.4 Å². The van der Waals surface area contributed by atoms with E-state index in [9.17, 15) is 0 Å². The number of hydrogen-bond acceptors (Lipinski definition) is 2. The zero-order valence-electron chi connectivity index (χ0n) is 27.8. The highest BCUT2D eigenvalue weighted by Crippen LogP contribution is 2.64. The van der Waals surface area contributed by atoms with Crippen LogP contribution in [0.3, 0.4) is 0 Å². The molecule has 0 atom stereocenters. The maximum absolute atomic E-state index is 6.33. The molecule has 0 saturated carbocycles. The van der Waals surface area contributed by atoms with E-state index in [1.54, 1.807) is 0 Å². The number of fused-ring (bicyclic) bond motifs is 13. The minimum atomic E-state index is -0.396. The quantitative estimate of drug-likeness (QED) is 0.189. The molecule has 2 heteroatoms. The summed E-state index contributed by atoms with van der Waals surface area (Å²) >= 11 is 0. The van der Waals surface area contributed by atoms with E-state index >= 15 is 0 Å². The van der Waals surface area contributed by atoms with Gasteiger partial charge in [-0.1, -0.05) is 140 Å². The number of hydrogen-bond donors (Lipinski definition) is 0. The van der Waals surface area contributed by atoms with Gasteiger partial charge in [-0.05, 0) is 98.1 Å². The maximum Gasteiger partial charge on any atom is 0.137 e. The Morgan fingerprint density at radius 3 is 1.57 bits per heavy atom. The van der Waals surface area contributed by atoms with Crippen molar-refractivity contribution < 1.29 is 4.42 Å². The Kier molecular flexibility index (Phi) is 5.91. The van der Waals surface area contributed by atoms with Gasteiger partial charge in [-0.2, -0.15) is 0 Å². The first-order valence-corrected chi connectivity index (χ1v) is 17.6. The molecule has 1 heterocycles. The predicted octanol–water partition coefficient (Wildman–Crippen LogP) is 13.1. The Labute approximate surface area is 296 Å². The van der Waals surface area contributed by atoms with E-state index in [4.69, 9.17) is 4.42 Å². The number of para-hydroxylation sites is 2. The Morgan fingerprint density at radius 2 is 0.863 bits per heavy atom. The first-order chi connectivity index (χ1) is 25.3. The summed E-state index contributed by atoms with van der Waals surface area (Å²) in [5.74, 6) is 0. The van der Waals surface area contributed by atoms with E-state index in [2.05, 4.69) is 181 Å². The molecular formula is C49H31NO. The second-order valence-corrected chi connectivity index (χ2v) is 13.6.